The quantitative estimate of drug-likeness (QED) is 0.835. The highest BCUT2D eigenvalue weighted by atomic mass is 32.1. The van der Waals surface area contributed by atoms with E-state index in [9.17, 15) is 4.79 Å². The number of aromatic nitrogens is 1. The predicted molar refractivity (Wildman–Crippen MR) is 85.7 cm³/mol. The summed E-state index contributed by atoms with van der Waals surface area (Å²) in [7, 11) is 4.06. The molecule has 0 fully saturated rings. The van der Waals surface area contributed by atoms with Crippen molar-refractivity contribution < 1.29 is 4.79 Å². The number of nitrogens with one attached hydrogen (secondary N) is 1. The van der Waals surface area contributed by atoms with Gasteiger partial charge in [0.25, 0.3) is 5.91 Å². The maximum atomic E-state index is 12.1. The number of thiophene rings is 1. The van der Waals surface area contributed by atoms with E-state index in [4.69, 9.17) is 0 Å². The number of carbonyl (C=O) groups is 1. The van der Waals surface area contributed by atoms with E-state index < -0.39 is 0 Å². The van der Waals surface area contributed by atoms with Crippen LogP contribution in [0.2, 0.25) is 0 Å². The molecule has 6 heteroatoms. The predicted octanol–water partition coefficient (Wildman–Crippen LogP) is 2.86. The lowest BCUT2D eigenvalue weighted by molar-refractivity contribution is 0.0955. The van der Waals surface area contributed by atoms with Crippen molar-refractivity contribution in [3.8, 4) is 9.88 Å². The largest absolute Gasteiger partial charge is 0.351 e. The minimum Gasteiger partial charge on any atom is -0.351 e. The molecule has 4 nitrogen and oxygen atoms in total. The topological polar surface area (TPSA) is 45.2 Å². The number of carbonyl (C=O) groups excluding carboxylic acids is 1. The summed E-state index contributed by atoms with van der Waals surface area (Å²) in [6, 6.07) is 4.03. The van der Waals surface area contributed by atoms with Crippen LogP contribution >= 0.6 is 22.7 Å². The summed E-state index contributed by atoms with van der Waals surface area (Å²) >= 11 is 3.11. The first-order chi connectivity index (χ1) is 9.58. The minimum absolute atomic E-state index is 0.0124. The number of aryl methyl sites for hydroxylation is 1. The van der Waals surface area contributed by atoms with Crippen LogP contribution in [0, 0.1) is 6.92 Å². The van der Waals surface area contributed by atoms with Crippen LogP contribution in [0.5, 0.6) is 0 Å². The van der Waals surface area contributed by atoms with Gasteiger partial charge in [-0.3, -0.25) is 4.79 Å². The molecule has 1 amide bonds. The Morgan fingerprint density at radius 2 is 2.25 bits per heavy atom. The maximum Gasteiger partial charge on any atom is 0.263 e. The first-order valence-electron chi connectivity index (χ1n) is 6.52. The molecule has 0 radical (unpaired) electrons. The summed E-state index contributed by atoms with van der Waals surface area (Å²) in [4.78, 5) is 20.6. The average molecular weight is 309 g/mol. The lowest BCUT2D eigenvalue weighted by Gasteiger charge is -2.09. The Balaban J connectivity index is 1.96. The molecule has 0 aliphatic carbocycles. The third kappa shape index (κ3) is 3.88. The van der Waals surface area contributed by atoms with Crippen molar-refractivity contribution in [2.45, 2.75) is 13.3 Å². The first kappa shape index (κ1) is 15.2. The molecular weight excluding hydrogens is 290 g/mol. The molecule has 0 saturated heterocycles. The third-order valence-electron chi connectivity index (χ3n) is 2.80. The van der Waals surface area contributed by atoms with Gasteiger partial charge in [0.1, 0.15) is 9.88 Å². The zero-order valence-electron chi connectivity index (χ0n) is 12.0. The second-order valence-corrected chi connectivity index (χ2v) is 6.77. The molecule has 2 aromatic rings. The van der Waals surface area contributed by atoms with Crippen molar-refractivity contribution in [3.05, 3.63) is 28.1 Å². The molecular formula is C14H19N3OS2. The highest BCUT2D eigenvalue weighted by Crippen LogP contribution is 2.30. The standard InChI is InChI=1S/C14H19N3OS2/c1-10-12(13(18)15-7-5-8-17(2)3)20-14(16-10)11-6-4-9-19-11/h4,6,9H,5,7-8H2,1-3H3,(H,15,18). The number of nitrogens with zero attached hydrogens (tertiary/aromatic N) is 2. The molecule has 0 aliphatic heterocycles. The zero-order valence-corrected chi connectivity index (χ0v) is 13.6. The Labute approximate surface area is 127 Å². The Kier molecular flexibility index (Phi) is 5.28. The monoisotopic (exact) mass is 309 g/mol. The second-order valence-electron chi connectivity index (χ2n) is 4.82. The van der Waals surface area contributed by atoms with E-state index in [0.29, 0.717) is 6.54 Å². The van der Waals surface area contributed by atoms with E-state index >= 15 is 0 Å². The Morgan fingerprint density at radius 1 is 1.45 bits per heavy atom. The van der Waals surface area contributed by atoms with Gasteiger partial charge in [0, 0.05) is 6.54 Å². The summed E-state index contributed by atoms with van der Waals surface area (Å²) < 4.78 is 0. The Bertz CT molecular complexity index is 561. The van der Waals surface area contributed by atoms with Crippen LogP contribution in [-0.4, -0.2) is 43.0 Å². The first-order valence-corrected chi connectivity index (χ1v) is 8.22. The van der Waals surface area contributed by atoms with Gasteiger partial charge in [-0.25, -0.2) is 4.98 Å². The summed E-state index contributed by atoms with van der Waals surface area (Å²) in [5.74, 6) is -0.0124. The van der Waals surface area contributed by atoms with Crippen LogP contribution in [0.4, 0.5) is 0 Å². The summed E-state index contributed by atoms with van der Waals surface area (Å²) in [5, 5.41) is 5.91. The van der Waals surface area contributed by atoms with E-state index in [1.54, 1.807) is 11.3 Å². The molecule has 20 heavy (non-hydrogen) atoms. The van der Waals surface area contributed by atoms with Crippen molar-refractivity contribution in [2.24, 2.45) is 0 Å². The van der Waals surface area contributed by atoms with Crippen molar-refractivity contribution in [1.29, 1.82) is 0 Å². The van der Waals surface area contributed by atoms with Gasteiger partial charge in [0.05, 0.1) is 10.6 Å². The molecule has 2 heterocycles. The van der Waals surface area contributed by atoms with Crippen molar-refractivity contribution in [1.82, 2.24) is 15.2 Å². The fourth-order valence-corrected chi connectivity index (χ4v) is 3.57. The van der Waals surface area contributed by atoms with Crippen LogP contribution in [0.1, 0.15) is 21.8 Å². The molecule has 0 saturated carbocycles. The van der Waals surface area contributed by atoms with Crippen LogP contribution in [0.25, 0.3) is 9.88 Å². The van der Waals surface area contributed by atoms with E-state index in [1.165, 1.54) is 11.3 Å². The molecule has 1 N–H and O–H groups in total. The van der Waals surface area contributed by atoms with Crippen molar-refractivity contribution >= 4 is 28.6 Å². The van der Waals surface area contributed by atoms with Gasteiger partial charge in [0.15, 0.2) is 0 Å². The lowest BCUT2D eigenvalue weighted by atomic mass is 10.3. The van der Waals surface area contributed by atoms with E-state index in [0.717, 1.165) is 33.4 Å². The number of hydrogen-bond donors (Lipinski definition) is 1. The Hall–Kier alpha value is -1.24. The Morgan fingerprint density at radius 3 is 2.90 bits per heavy atom. The van der Waals surface area contributed by atoms with Gasteiger partial charge in [-0.1, -0.05) is 6.07 Å². The van der Waals surface area contributed by atoms with Crippen molar-refractivity contribution in [3.63, 3.8) is 0 Å². The fourth-order valence-electron chi connectivity index (χ4n) is 1.79. The molecule has 0 atom stereocenters. The van der Waals surface area contributed by atoms with E-state index in [-0.39, 0.29) is 5.91 Å². The highest BCUT2D eigenvalue weighted by molar-refractivity contribution is 7.22. The van der Waals surface area contributed by atoms with Gasteiger partial charge < -0.3 is 10.2 Å². The van der Waals surface area contributed by atoms with E-state index in [2.05, 4.69) is 15.2 Å². The molecule has 2 rings (SSSR count). The van der Waals surface area contributed by atoms with Crippen LogP contribution in [0.3, 0.4) is 0 Å². The number of hydrogen-bond acceptors (Lipinski definition) is 5. The van der Waals surface area contributed by atoms with Crippen LogP contribution < -0.4 is 5.32 Å². The van der Waals surface area contributed by atoms with Crippen molar-refractivity contribution in [2.75, 3.05) is 27.2 Å². The van der Waals surface area contributed by atoms with Gasteiger partial charge in [-0.05, 0) is 45.4 Å². The van der Waals surface area contributed by atoms with Crippen LogP contribution in [0.15, 0.2) is 17.5 Å². The molecule has 0 aromatic carbocycles. The zero-order chi connectivity index (χ0) is 14.5. The van der Waals surface area contributed by atoms with Gasteiger partial charge >= 0.3 is 0 Å². The van der Waals surface area contributed by atoms with Gasteiger partial charge in [-0.15, -0.1) is 22.7 Å². The molecule has 0 bridgehead atoms. The van der Waals surface area contributed by atoms with E-state index in [1.807, 2.05) is 38.5 Å². The van der Waals surface area contributed by atoms with Crippen LogP contribution in [-0.2, 0) is 0 Å². The maximum absolute atomic E-state index is 12.1. The smallest absolute Gasteiger partial charge is 0.263 e. The molecule has 0 aliphatic rings. The summed E-state index contributed by atoms with van der Waals surface area (Å²) in [5.41, 5.74) is 0.809. The van der Waals surface area contributed by atoms with Gasteiger partial charge in [-0.2, -0.15) is 0 Å². The second kappa shape index (κ2) is 6.97. The number of amides is 1. The summed E-state index contributed by atoms with van der Waals surface area (Å²) in [6.45, 7) is 3.56. The normalized spacial score (nSPS) is 11.0. The summed E-state index contributed by atoms with van der Waals surface area (Å²) in [6.07, 6.45) is 0.953. The molecule has 108 valence electrons. The fraction of sp³-hybridized carbons (Fsp3) is 0.429. The third-order valence-corrected chi connectivity index (χ3v) is 5.00. The molecule has 0 unspecified atom stereocenters. The minimum atomic E-state index is -0.0124. The molecule has 2 aromatic heterocycles. The lowest BCUT2D eigenvalue weighted by Crippen LogP contribution is -2.26. The van der Waals surface area contributed by atoms with Gasteiger partial charge in [0.2, 0.25) is 0 Å². The highest BCUT2D eigenvalue weighted by Gasteiger charge is 2.16. The molecule has 0 spiro atoms. The SMILES string of the molecule is Cc1nc(-c2cccs2)sc1C(=O)NCCCN(C)C. The number of rotatable bonds is 6. The number of thiazole rings is 1. The average Bonchev–Trinajstić information content (AvgIpc) is 3.02.